The van der Waals surface area contributed by atoms with Crippen LogP contribution in [-0.4, -0.2) is 70.7 Å². The number of hydrogen-bond donors (Lipinski definition) is 1. The van der Waals surface area contributed by atoms with Crippen LogP contribution in [-0.2, 0) is 14.3 Å². The molecule has 2 aliphatic heterocycles. The lowest BCUT2D eigenvalue weighted by Crippen LogP contribution is -3.14. The number of hydrogen-bond acceptors (Lipinski definition) is 7. The number of morpholine rings is 1. The van der Waals surface area contributed by atoms with Crippen molar-refractivity contribution in [3.63, 3.8) is 0 Å². The lowest BCUT2D eigenvalue weighted by molar-refractivity contribution is -0.907. The molecule has 3 heterocycles. The SMILES string of the molecule is Cc1c(/C([O-])=C2\C(=O)C(=O)N(CC[NH+]3CCOCC3)C2c2cccc([N+](=O)[O-])c2)cnn1-c1ccccc1. The minimum absolute atomic E-state index is 0.187. The number of Topliss-reactive ketones (excluding diaryl/α,β-unsaturated/α-hetero) is 1. The van der Waals surface area contributed by atoms with Gasteiger partial charge in [-0.05, 0) is 24.6 Å². The number of nitrogens with zero attached hydrogens (tertiary/aromatic N) is 4. The van der Waals surface area contributed by atoms with Gasteiger partial charge in [-0.25, -0.2) is 4.68 Å². The number of quaternary nitrogens is 1. The summed E-state index contributed by atoms with van der Waals surface area (Å²) in [5.41, 5.74) is 1.39. The lowest BCUT2D eigenvalue weighted by Gasteiger charge is -2.30. The maximum absolute atomic E-state index is 13.9. The maximum atomic E-state index is 13.9. The lowest BCUT2D eigenvalue weighted by atomic mass is 9.95. The average Bonchev–Trinajstić information content (AvgIpc) is 3.45. The van der Waals surface area contributed by atoms with Crippen molar-refractivity contribution in [2.24, 2.45) is 0 Å². The predicted molar refractivity (Wildman–Crippen MR) is 134 cm³/mol. The van der Waals surface area contributed by atoms with Crippen LogP contribution >= 0.6 is 0 Å². The second kappa shape index (κ2) is 10.6. The Morgan fingerprint density at radius 1 is 1.13 bits per heavy atom. The van der Waals surface area contributed by atoms with Crippen LogP contribution in [0.3, 0.4) is 0 Å². The highest BCUT2D eigenvalue weighted by molar-refractivity contribution is 6.46. The van der Waals surface area contributed by atoms with Crippen LogP contribution in [0.2, 0.25) is 0 Å². The number of carbonyl (C=O) groups is 2. The molecule has 196 valence electrons. The Morgan fingerprint density at radius 3 is 2.58 bits per heavy atom. The van der Waals surface area contributed by atoms with Gasteiger partial charge in [-0.15, -0.1) is 0 Å². The third-order valence-corrected chi connectivity index (χ3v) is 7.09. The third-order valence-electron chi connectivity index (χ3n) is 7.09. The fourth-order valence-corrected chi connectivity index (χ4v) is 5.05. The van der Waals surface area contributed by atoms with Crippen molar-refractivity contribution in [1.29, 1.82) is 0 Å². The number of nitro benzene ring substituents is 1. The van der Waals surface area contributed by atoms with Crippen LogP contribution in [0.25, 0.3) is 11.4 Å². The van der Waals surface area contributed by atoms with Gasteiger partial charge in [0.2, 0.25) is 5.78 Å². The fourth-order valence-electron chi connectivity index (χ4n) is 5.05. The topological polar surface area (TPSA) is 135 Å². The predicted octanol–water partition coefficient (Wildman–Crippen LogP) is 0.228. The van der Waals surface area contributed by atoms with Gasteiger partial charge < -0.3 is 19.6 Å². The van der Waals surface area contributed by atoms with Gasteiger partial charge in [0.25, 0.3) is 11.6 Å². The van der Waals surface area contributed by atoms with E-state index in [2.05, 4.69) is 5.10 Å². The summed E-state index contributed by atoms with van der Waals surface area (Å²) in [5.74, 6) is -2.29. The number of amides is 1. The molecule has 1 unspecified atom stereocenters. The van der Waals surface area contributed by atoms with E-state index in [9.17, 15) is 24.8 Å². The molecule has 1 N–H and O–H groups in total. The Labute approximate surface area is 218 Å². The summed E-state index contributed by atoms with van der Waals surface area (Å²) in [5, 5.41) is 29.7. The summed E-state index contributed by atoms with van der Waals surface area (Å²) in [6.07, 6.45) is 1.39. The number of carbonyl (C=O) groups excluding carboxylic acids is 2. The van der Waals surface area contributed by atoms with E-state index in [4.69, 9.17) is 4.74 Å². The quantitative estimate of drug-likeness (QED) is 0.156. The Bertz CT molecular complexity index is 1410. The number of nitrogens with one attached hydrogen (secondary N) is 1. The van der Waals surface area contributed by atoms with Gasteiger partial charge in [-0.3, -0.25) is 19.7 Å². The zero-order valence-electron chi connectivity index (χ0n) is 20.8. The average molecular weight is 518 g/mol. The number of likely N-dealkylation sites (tertiary alicyclic amines) is 1. The highest BCUT2D eigenvalue weighted by atomic mass is 16.6. The zero-order chi connectivity index (χ0) is 26.8. The Balaban J connectivity index is 1.58. The van der Waals surface area contributed by atoms with Gasteiger partial charge in [-0.1, -0.05) is 36.1 Å². The maximum Gasteiger partial charge on any atom is 0.295 e. The molecule has 0 radical (unpaired) electrons. The smallest absolute Gasteiger partial charge is 0.295 e. The van der Waals surface area contributed by atoms with Crippen LogP contribution in [0, 0.1) is 17.0 Å². The Kier molecular flexibility index (Phi) is 7.03. The molecular formula is C27H27N5O6. The molecule has 1 amide bonds. The van der Waals surface area contributed by atoms with Gasteiger partial charge in [0.1, 0.15) is 13.1 Å². The largest absolute Gasteiger partial charge is 0.872 e. The molecule has 38 heavy (non-hydrogen) atoms. The van der Waals surface area contributed by atoms with E-state index in [1.165, 1.54) is 34.2 Å². The highest BCUT2D eigenvalue weighted by Crippen LogP contribution is 2.39. The summed E-state index contributed by atoms with van der Waals surface area (Å²) >= 11 is 0. The van der Waals surface area contributed by atoms with E-state index < -0.39 is 28.4 Å². The fraction of sp³-hybridized carbons (Fsp3) is 0.296. The summed E-state index contributed by atoms with van der Waals surface area (Å²) in [6, 6.07) is 13.9. The molecule has 3 aromatic rings. The number of non-ortho nitro benzene ring substituents is 1. The normalized spacial score (nSPS) is 19.7. The molecule has 2 aromatic carbocycles. The van der Waals surface area contributed by atoms with Gasteiger partial charge in [0, 0.05) is 29.0 Å². The molecule has 2 fully saturated rings. The molecule has 0 spiro atoms. The standard InChI is InChI=1S/C27H27N5O6/c1-18-22(17-28-31(18)20-7-3-2-4-8-20)25(33)23-24(19-6-5-9-21(16-19)32(36)37)30(27(35)26(23)34)11-10-29-12-14-38-15-13-29/h2-9,16-17,24,33H,10-15H2,1H3/b25-23+. The number of aromatic nitrogens is 2. The van der Waals surface area contributed by atoms with Crippen LogP contribution in [0.1, 0.15) is 22.9 Å². The molecular weight excluding hydrogens is 490 g/mol. The minimum atomic E-state index is -1.04. The van der Waals surface area contributed by atoms with Crippen LogP contribution in [0.15, 0.2) is 66.4 Å². The number of para-hydroxylation sites is 1. The summed E-state index contributed by atoms with van der Waals surface area (Å²) in [7, 11) is 0. The van der Waals surface area contributed by atoms with Crippen molar-refractivity contribution >= 4 is 23.1 Å². The van der Waals surface area contributed by atoms with E-state index in [0.717, 1.165) is 18.8 Å². The Morgan fingerprint density at radius 2 is 1.87 bits per heavy atom. The monoisotopic (exact) mass is 517 g/mol. The van der Waals surface area contributed by atoms with Crippen molar-refractivity contribution in [2.75, 3.05) is 39.4 Å². The minimum Gasteiger partial charge on any atom is -0.872 e. The zero-order valence-corrected chi connectivity index (χ0v) is 20.8. The van der Waals surface area contributed by atoms with Gasteiger partial charge in [0.05, 0.1) is 49.2 Å². The van der Waals surface area contributed by atoms with E-state index in [1.807, 2.05) is 30.3 Å². The van der Waals surface area contributed by atoms with Crippen molar-refractivity contribution in [1.82, 2.24) is 14.7 Å². The second-order valence-electron chi connectivity index (χ2n) is 9.33. The first kappa shape index (κ1) is 25.3. The first-order valence-electron chi connectivity index (χ1n) is 12.4. The first-order valence-corrected chi connectivity index (χ1v) is 12.4. The van der Waals surface area contributed by atoms with E-state index in [-0.39, 0.29) is 23.4 Å². The number of ether oxygens (including phenoxy) is 1. The van der Waals surface area contributed by atoms with Crippen molar-refractivity contribution in [3.8, 4) is 5.69 Å². The molecule has 1 aromatic heterocycles. The number of rotatable bonds is 7. The van der Waals surface area contributed by atoms with E-state index >= 15 is 0 Å². The van der Waals surface area contributed by atoms with Crippen LogP contribution in [0.5, 0.6) is 0 Å². The molecule has 1 atom stereocenters. The van der Waals surface area contributed by atoms with Crippen molar-refractivity contribution in [3.05, 3.63) is 93.3 Å². The van der Waals surface area contributed by atoms with Gasteiger partial charge in [-0.2, -0.15) is 5.10 Å². The molecule has 0 saturated carbocycles. The summed E-state index contributed by atoms with van der Waals surface area (Å²) in [4.78, 5) is 40.1. The molecule has 0 aliphatic carbocycles. The molecule has 2 saturated heterocycles. The second-order valence-corrected chi connectivity index (χ2v) is 9.33. The summed E-state index contributed by atoms with van der Waals surface area (Å²) in [6.45, 7) is 5.24. The van der Waals surface area contributed by atoms with Crippen molar-refractivity contribution < 1.29 is 29.3 Å². The molecule has 11 nitrogen and oxygen atoms in total. The molecule has 0 bridgehead atoms. The molecule has 11 heteroatoms. The number of ketones is 1. The Hall–Kier alpha value is -4.35. The third kappa shape index (κ3) is 4.69. The summed E-state index contributed by atoms with van der Waals surface area (Å²) < 4.78 is 7.00. The highest BCUT2D eigenvalue weighted by Gasteiger charge is 2.45. The first-order chi connectivity index (χ1) is 18.4. The van der Waals surface area contributed by atoms with E-state index in [0.29, 0.717) is 31.0 Å². The molecule has 5 rings (SSSR count). The number of nitro groups is 1. The van der Waals surface area contributed by atoms with Crippen LogP contribution < -0.4 is 10.0 Å². The molecule has 2 aliphatic rings. The van der Waals surface area contributed by atoms with Gasteiger partial charge in [0.15, 0.2) is 0 Å². The number of benzene rings is 2. The van der Waals surface area contributed by atoms with Crippen molar-refractivity contribution in [2.45, 2.75) is 13.0 Å². The van der Waals surface area contributed by atoms with Gasteiger partial charge >= 0.3 is 0 Å². The van der Waals surface area contributed by atoms with E-state index in [1.54, 1.807) is 17.7 Å². The van der Waals surface area contributed by atoms with Crippen LogP contribution in [0.4, 0.5) is 5.69 Å².